The van der Waals surface area contributed by atoms with Crippen molar-refractivity contribution in [2.75, 3.05) is 33.2 Å². The summed E-state index contributed by atoms with van der Waals surface area (Å²) in [7, 11) is 1.82. The van der Waals surface area contributed by atoms with Crippen molar-refractivity contribution in [2.24, 2.45) is 4.99 Å². The highest BCUT2D eigenvalue weighted by atomic mass is 127. The number of aromatic nitrogens is 1. The number of guanidine groups is 1. The predicted octanol–water partition coefficient (Wildman–Crippen LogP) is 3.89. The molecule has 0 aliphatic carbocycles. The Bertz CT molecular complexity index is 710. The summed E-state index contributed by atoms with van der Waals surface area (Å²) in [6, 6.07) is 10.4. The second-order valence-corrected chi connectivity index (χ2v) is 7.73. The maximum atomic E-state index is 4.72. The molecule has 1 aromatic heterocycles. The zero-order valence-electron chi connectivity index (χ0n) is 16.2. The lowest BCUT2D eigenvalue weighted by molar-refractivity contribution is 0.232. The second-order valence-electron chi connectivity index (χ2n) is 6.65. The fourth-order valence-corrected chi connectivity index (χ4v) is 4.20. The molecule has 148 valence electrons. The van der Waals surface area contributed by atoms with E-state index in [0.29, 0.717) is 0 Å². The van der Waals surface area contributed by atoms with Crippen LogP contribution >= 0.6 is 35.3 Å². The van der Waals surface area contributed by atoms with Crippen molar-refractivity contribution in [2.45, 2.75) is 32.7 Å². The number of aryl methyl sites for hydroxylation is 1. The van der Waals surface area contributed by atoms with Gasteiger partial charge in [0, 0.05) is 30.6 Å². The van der Waals surface area contributed by atoms with Gasteiger partial charge in [-0.05, 0) is 32.9 Å². The molecule has 5 nitrogen and oxygen atoms in total. The first-order chi connectivity index (χ1) is 12.8. The Labute approximate surface area is 183 Å². The molecule has 2 N–H and O–H groups in total. The van der Waals surface area contributed by atoms with E-state index in [-0.39, 0.29) is 24.0 Å². The van der Waals surface area contributed by atoms with E-state index in [1.807, 2.05) is 13.1 Å². The molecule has 1 aromatic carbocycles. The standard InChI is InChI=1S/C20H29N5S.HI/c1-16-18(26-19(24-16)17-9-5-3-6-10-17)15-23-20(21-2)22-11-14-25-12-7-4-8-13-25;/h3,5-6,9-10H,4,7-8,11-15H2,1-2H3,(H2,21,22,23);1H. The number of hydrogen-bond donors (Lipinski definition) is 2. The minimum absolute atomic E-state index is 0. The average molecular weight is 499 g/mol. The minimum atomic E-state index is 0. The van der Waals surface area contributed by atoms with Crippen LogP contribution < -0.4 is 10.6 Å². The van der Waals surface area contributed by atoms with Crippen LogP contribution in [-0.4, -0.2) is 49.1 Å². The lowest BCUT2D eigenvalue weighted by atomic mass is 10.1. The highest BCUT2D eigenvalue weighted by Gasteiger charge is 2.11. The third-order valence-corrected chi connectivity index (χ3v) is 5.93. The van der Waals surface area contributed by atoms with Gasteiger partial charge in [-0.3, -0.25) is 4.99 Å². The van der Waals surface area contributed by atoms with E-state index in [0.717, 1.165) is 36.3 Å². The molecular weight excluding hydrogens is 469 g/mol. The van der Waals surface area contributed by atoms with Crippen LogP contribution in [0.3, 0.4) is 0 Å². The van der Waals surface area contributed by atoms with Crippen molar-refractivity contribution in [1.29, 1.82) is 0 Å². The number of halogens is 1. The molecule has 0 atom stereocenters. The van der Waals surface area contributed by atoms with Crippen molar-refractivity contribution >= 4 is 41.3 Å². The van der Waals surface area contributed by atoms with Crippen molar-refractivity contribution < 1.29 is 0 Å². The van der Waals surface area contributed by atoms with Gasteiger partial charge in [-0.2, -0.15) is 0 Å². The molecule has 3 rings (SSSR count). The molecule has 0 spiro atoms. The molecule has 7 heteroatoms. The first kappa shape index (κ1) is 22.1. The molecular formula is C20H30IN5S. The quantitative estimate of drug-likeness (QED) is 0.360. The largest absolute Gasteiger partial charge is 0.355 e. The fraction of sp³-hybridized carbons (Fsp3) is 0.500. The van der Waals surface area contributed by atoms with Gasteiger partial charge in [-0.15, -0.1) is 35.3 Å². The van der Waals surface area contributed by atoms with Crippen molar-refractivity contribution in [3.8, 4) is 10.6 Å². The van der Waals surface area contributed by atoms with Crippen molar-refractivity contribution in [3.63, 3.8) is 0 Å². The minimum Gasteiger partial charge on any atom is -0.355 e. The van der Waals surface area contributed by atoms with Crippen LogP contribution in [0.5, 0.6) is 0 Å². The molecule has 0 unspecified atom stereocenters. The lowest BCUT2D eigenvalue weighted by Gasteiger charge is -2.26. The molecule has 27 heavy (non-hydrogen) atoms. The van der Waals surface area contributed by atoms with Crippen LogP contribution in [0.4, 0.5) is 0 Å². The number of aliphatic imine (C=N–C) groups is 1. The number of nitrogens with zero attached hydrogens (tertiary/aromatic N) is 3. The summed E-state index contributed by atoms with van der Waals surface area (Å²) in [5.41, 5.74) is 2.26. The third-order valence-electron chi connectivity index (χ3n) is 4.72. The van der Waals surface area contributed by atoms with Crippen LogP contribution in [0.15, 0.2) is 35.3 Å². The first-order valence-corrected chi connectivity index (χ1v) is 10.3. The summed E-state index contributed by atoms with van der Waals surface area (Å²) < 4.78 is 0. The van der Waals surface area contributed by atoms with E-state index in [4.69, 9.17) is 4.98 Å². The van der Waals surface area contributed by atoms with E-state index < -0.39 is 0 Å². The Morgan fingerprint density at radius 2 is 1.89 bits per heavy atom. The summed E-state index contributed by atoms with van der Waals surface area (Å²) in [5, 5.41) is 7.92. The number of benzene rings is 1. The molecule has 0 saturated carbocycles. The van der Waals surface area contributed by atoms with Gasteiger partial charge in [0.1, 0.15) is 5.01 Å². The summed E-state index contributed by atoms with van der Waals surface area (Å²) in [5.74, 6) is 0.857. The SMILES string of the molecule is CN=C(NCCN1CCCCC1)NCc1sc(-c2ccccc2)nc1C.I. The van der Waals surface area contributed by atoms with Crippen LogP contribution in [-0.2, 0) is 6.54 Å². The Kier molecular flexibility index (Phi) is 9.50. The predicted molar refractivity (Wildman–Crippen MR) is 126 cm³/mol. The average Bonchev–Trinajstić information content (AvgIpc) is 3.07. The van der Waals surface area contributed by atoms with Crippen LogP contribution in [0.1, 0.15) is 29.8 Å². The van der Waals surface area contributed by atoms with E-state index >= 15 is 0 Å². The Hall–Kier alpha value is -1.19. The second kappa shape index (κ2) is 11.6. The van der Waals surface area contributed by atoms with Gasteiger partial charge in [0.2, 0.25) is 0 Å². The topological polar surface area (TPSA) is 52.6 Å². The zero-order chi connectivity index (χ0) is 18.2. The monoisotopic (exact) mass is 499 g/mol. The number of piperidine rings is 1. The fourth-order valence-electron chi connectivity index (χ4n) is 3.20. The van der Waals surface area contributed by atoms with Gasteiger partial charge < -0.3 is 15.5 Å². The molecule has 1 fully saturated rings. The summed E-state index contributed by atoms with van der Waals surface area (Å²) in [6.45, 7) is 7.30. The van der Waals surface area contributed by atoms with E-state index in [9.17, 15) is 0 Å². The number of thiazole rings is 1. The van der Waals surface area contributed by atoms with Crippen LogP contribution in [0.2, 0.25) is 0 Å². The maximum absolute atomic E-state index is 4.72. The van der Waals surface area contributed by atoms with E-state index in [1.54, 1.807) is 11.3 Å². The van der Waals surface area contributed by atoms with Crippen molar-refractivity contribution in [3.05, 3.63) is 40.9 Å². The van der Waals surface area contributed by atoms with Gasteiger partial charge in [-0.25, -0.2) is 4.98 Å². The number of hydrogen-bond acceptors (Lipinski definition) is 4. The number of nitrogens with one attached hydrogen (secondary N) is 2. The molecule has 0 bridgehead atoms. The molecule has 2 heterocycles. The Morgan fingerprint density at radius 1 is 1.15 bits per heavy atom. The van der Waals surface area contributed by atoms with Gasteiger partial charge in [0.05, 0.1) is 12.2 Å². The van der Waals surface area contributed by atoms with E-state index in [1.165, 1.54) is 42.8 Å². The third kappa shape index (κ3) is 6.73. The number of likely N-dealkylation sites (tertiary alicyclic amines) is 1. The highest BCUT2D eigenvalue weighted by Crippen LogP contribution is 2.27. The summed E-state index contributed by atoms with van der Waals surface area (Å²) >= 11 is 1.75. The van der Waals surface area contributed by atoms with Crippen LogP contribution in [0.25, 0.3) is 10.6 Å². The van der Waals surface area contributed by atoms with Gasteiger partial charge in [0.15, 0.2) is 5.96 Å². The lowest BCUT2D eigenvalue weighted by Crippen LogP contribution is -2.42. The molecule has 0 radical (unpaired) electrons. The summed E-state index contributed by atoms with van der Waals surface area (Å²) in [4.78, 5) is 12.8. The molecule has 1 aliphatic heterocycles. The molecule has 1 aliphatic rings. The zero-order valence-corrected chi connectivity index (χ0v) is 19.3. The van der Waals surface area contributed by atoms with Crippen LogP contribution in [0, 0.1) is 6.92 Å². The number of rotatable bonds is 6. The van der Waals surface area contributed by atoms with Gasteiger partial charge in [-0.1, -0.05) is 36.8 Å². The smallest absolute Gasteiger partial charge is 0.191 e. The summed E-state index contributed by atoms with van der Waals surface area (Å²) in [6.07, 6.45) is 4.05. The highest BCUT2D eigenvalue weighted by molar-refractivity contribution is 14.0. The van der Waals surface area contributed by atoms with Gasteiger partial charge in [0.25, 0.3) is 0 Å². The molecule has 2 aromatic rings. The Morgan fingerprint density at radius 3 is 2.59 bits per heavy atom. The maximum Gasteiger partial charge on any atom is 0.191 e. The van der Waals surface area contributed by atoms with Gasteiger partial charge >= 0.3 is 0 Å². The normalized spacial score (nSPS) is 15.3. The van der Waals surface area contributed by atoms with E-state index in [2.05, 4.69) is 51.7 Å². The first-order valence-electron chi connectivity index (χ1n) is 9.45. The van der Waals surface area contributed by atoms with Crippen molar-refractivity contribution in [1.82, 2.24) is 20.5 Å². The molecule has 0 amide bonds. The Balaban J connectivity index is 0.00000261. The molecule has 1 saturated heterocycles.